The average Bonchev–Trinajstić information content (AvgIpc) is 3.09. The molecule has 4 rings (SSSR count). The van der Waals surface area contributed by atoms with Crippen molar-refractivity contribution in [3.8, 4) is 5.75 Å². The maximum Gasteiger partial charge on any atom is 0.251 e. The molecule has 0 radical (unpaired) electrons. The van der Waals surface area contributed by atoms with Gasteiger partial charge in [0.15, 0.2) is 0 Å². The summed E-state index contributed by atoms with van der Waals surface area (Å²) in [6.45, 7) is 0.358. The number of halogens is 1. The van der Waals surface area contributed by atoms with Crippen LogP contribution in [0.1, 0.15) is 23.6 Å². The standard InChI is InChI=1S/C20H20FN3O2/c1-26-19-8-3-2-7-16(19)17-12-18-20(25)23(9-10-24(18)22-17)13-14-5-4-6-15(21)11-14/h2-11,17-18,22H,12-13H2,1H3. The molecule has 2 aromatic rings. The van der Waals surface area contributed by atoms with Gasteiger partial charge in [0.2, 0.25) is 0 Å². The molecule has 2 unspecified atom stereocenters. The van der Waals surface area contributed by atoms with Crippen LogP contribution >= 0.6 is 0 Å². The number of fused-ring (bicyclic) bond motifs is 1. The zero-order valence-electron chi connectivity index (χ0n) is 14.4. The molecule has 0 aromatic heterocycles. The number of ether oxygens (including phenoxy) is 1. The highest BCUT2D eigenvalue weighted by Gasteiger charge is 2.40. The smallest absolute Gasteiger partial charge is 0.251 e. The maximum absolute atomic E-state index is 13.4. The first-order chi connectivity index (χ1) is 12.7. The van der Waals surface area contributed by atoms with E-state index in [9.17, 15) is 9.18 Å². The Bertz CT molecular complexity index is 854. The van der Waals surface area contributed by atoms with Gasteiger partial charge in [0.25, 0.3) is 5.91 Å². The number of carbonyl (C=O) groups is 1. The van der Waals surface area contributed by atoms with E-state index in [-0.39, 0.29) is 23.8 Å². The number of nitrogens with zero attached hydrogens (tertiary/aromatic N) is 2. The van der Waals surface area contributed by atoms with Crippen molar-refractivity contribution in [1.82, 2.24) is 15.3 Å². The van der Waals surface area contributed by atoms with Crippen molar-refractivity contribution >= 4 is 5.91 Å². The predicted octanol–water partition coefficient (Wildman–Crippen LogP) is 2.97. The average molecular weight is 353 g/mol. The molecule has 5 nitrogen and oxygen atoms in total. The normalized spacial score (nSPS) is 21.8. The lowest BCUT2D eigenvalue weighted by atomic mass is 10.00. The Labute approximate surface area is 151 Å². The minimum Gasteiger partial charge on any atom is -0.496 e. The highest BCUT2D eigenvalue weighted by atomic mass is 19.1. The molecule has 1 amide bonds. The molecule has 2 aliphatic rings. The Morgan fingerprint density at radius 1 is 1.19 bits per heavy atom. The molecule has 1 N–H and O–H groups in total. The van der Waals surface area contributed by atoms with Crippen molar-refractivity contribution in [2.45, 2.75) is 25.0 Å². The molecule has 1 saturated heterocycles. The SMILES string of the molecule is COc1ccccc1C1CC2C(=O)N(Cc3cccc(F)c3)C=CN2N1. The zero-order valence-corrected chi connectivity index (χ0v) is 14.4. The van der Waals surface area contributed by atoms with Gasteiger partial charge in [-0.25, -0.2) is 9.82 Å². The number of benzene rings is 2. The number of para-hydroxylation sites is 1. The Kier molecular flexibility index (Phi) is 4.34. The summed E-state index contributed by atoms with van der Waals surface area (Å²) in [5, 5.41) is 1.85. The van der Waals surface area contributed by atoms with Gasteiger partial charge in [-0.3, -0.25) is 4.79 Å². The van der Waals surface area contributed by atoms with Crippen LogP contribution in [-0.2, 0) is 11.3 Å². The Morgan fingerprint density at radius 2 is 2.04 bits per heavy atom. The van der Waals surface area contributed by atoms with E-state index in [0.717, 1.165) is 16.9 Å². The van der Waals surface area contributed by atoms with E-state index >= 15 is 0 Å². The minimum atomic E-state index is -0.295. The molecule has 1 fully saturated rings. The van der Waals surface area contributed by atoms with Crippen LogP contribution < -0.4 is 10.2 Å². The molecular formula is C20H20FN3O2. The van der Waals surface area contributed by atoms with Crippen LogP contribution in [0.25, 0.3) is 0 Å². The molecule has 2 aromatic carbocycles. The molecule has 0 bridgehead atoms. The summed E-state index contributed by atoms with van der Waals surface area (Å²) in [5.74, 6) is 0.510. The first-order valence-electron chi connectivity index (χ1n) is 8.56. The van der Waals surface area contributed by atoms with Gasteiger partial charge >= 0.3 is 0 Å². The van der Waals surface area contributed by atoms with E-state index in [1.54, 1.807) is 24.3 Å². The number of amides is 1. The lowest BCUT2D eigenvalue weighted by Gasteiger charge is -2.31. The van der Waals surface area contributed by atoms with E-state index in [2.05, 4.69) is 5.43 Å². The fourth-order valence-electron chi connectivity index (χ4n) is 3.56. The Morgan fingerprint density at radius 3 is 2.85 bits per heavy atom. The summed E-state index contributed by atoms with van der Waals surface area (Å²) in [4.78, 5) is 14.5. The number of hydrogen-bond acceptors (Lipinski definition) is 4. The summed E-state index contributed by atoms with van der Waals surface area (Å²) in [7, 11) is 1.65. The second kappa shape index (κ2) is 6.80. The Hall–Kier alpha value is -2.86. The van der Waals surface area contributed by atoms with Crippen molar-refractivity contribution in [2.75, 3.05) is 7.11 Å². The van der Waals surface area contributed by atoms with Crippen molar-refractivity contribution in [3.63, 3.8) is 0 Å². The van der Waals surface area contributed by atoms with Gasteiger partial charge in [-0.2, -0.15) is 0 Å². The van der Waals surface area contributed by atoms with Gasteiger partial charge in [-0.1, -0.05) is 30.3 Å². The highest BCUT2D eigenvalue weighted by molar-refractivity contribution is 5.84. The predicted molar refractivity (Wildman–Crippen MR) is 95.2 cm³/mol. The quantitative estimate of drug-likeness (QED) is 0.918. The minimum absolute atomic E-state index is 0.00105. The zero-order chi connectivity index (χ0) is 18.1. The Balaban J connectivity index is 1.51. The molecule has 6 heteroatoms. The second-order valence-electron chi connectivity index (χ2n) is 6.48. The third kappa shape index (κ3) is 3.04. The number of methoxy groups -OCH3 is 1. The molecule has 0 aliphatic carbocycles. The summed E-state index contributed by atoms with van der Waals surface area (Å²) in [6.07, 6.45) is 4.24. The maximum atomic E-state index is 13.4. The van der Waals surface area contributed by atoms with Crippen molar-refractivity contribution in [1.29, 1.82) is 0 Å². The third-order valence-electron chi connectivity index (χ3n) is 4.83. The first kappa shape index (κ1) is 16.6. The van der Waals surface area contributed by atoms with E-state index in [1.807, 2.05) is 41.5 Å². The molecule has 134 valence electrons. The fraction of sp³-hybridized carbons (Fsp3) is 0.250. The molecule has 2 atom stereocenters. The van der Waals surface area contributed by atoms with Crippen LogP contribution in [0.5, 0.6) is 5.75 Å². The summed E-state index contributed by atoms with van der Waals surface area (Å²) in [5.41, 5.74) is 5.16. The van der Waals surface area contributed by atoms with Crippen LogP contribution in [-0.4, -0.2) is 29.0 Å². The van der Waals surface area contributed by atoms with Gasteiger partial charge in [-0.05, 0) is 30.2 Å². The fourth-order valence-corrected chi connectivity index (χ4v) is 3.56. The highest BCUT2D eigenvalue weighted by Crippen LogP contribution is 2.35. The van der Waals surface area contributed by atoms with Gasteiger partial charge < -0.3 is 14.6 Å². The van der Waals surface area contributed by atoms with E-state index in [4.69, 9.17) is 4.74 Å². The first-order valence-corrected chi connectivity index (χ1v) is 8.56. The van der Waals surface area contributed by atoms with E-state index in [0.29, 0.717) is 13.0 Å². The van der Waals surface area contributed by atoms with Gasteiger partial charge in [-0.15, -0.1) is 0 Å². The van der Waals surface area contributed by atoms with E-state index < -0.39 is 0 Å². The van der Waals surface area contributed by atoms with Crippen molar-refractivity contribution in [3.05, 3.63) is 77.9 Å². The topological polar surface area (TPSA) is 44.8 Å². The van der Waals surface area contributed by atoms with Crippen molar-refractivity contribution < 1.29 is 13.9 Å². The molecule has 0 spiro atoms. The van der Waals surface area contributed by atoms with E-state index in [1.165, 1.54) is 12.1 Å². The second-order valence-corrected chi connectivity index (χ2v) is 6.48. The molecular weight excluding hydrogens is 333 g/mol. The lowest BCUT2D eigenvalue weighted by Crippen LogP contribution is -2.47. The van der Waals surface area contributed by atoms with Crippen LogP contribution in [0.3, 0.4) is 0 Å². The number of nitrogens with one attached hydrogen (secondary N) is 1. The van der Waals surface area contributed by atoms with Crippen LogP contribution in [0.15, 0.2) is 60.9 Å². The molecule has 0 saturated carbocycles. The summed E-state index contributed by atoms with van der Waals surface area (Å²) >= 11 is 0. The largest absolute Gasteiger partial charge is 0.496 e. The van der Waals surface area contributed by atoms with Crippen molar-refractivity contribution in [2.24, 2.45) is 0 Å². The van der Waals surface area contributed by atoms with Crippen LogP contribution in [0, 0.1) is 5.82 Å². The number of rotatable bonds is 4. The van der Waals surface area contributed by atoms with Crippen LogP contribution in [0.4, 0.5) is 4.39 Å². The molecule has 2 aliphatic heterocycles. The molecule has 2 heterocycles. The summed E-state index contributed by atoms with van der Waals surface area (Å²) in [6, 6.07) is 13.9. The number of hydrazine groups is 1. The van der Waals surface area contributed by atoms with Crippen LogP contribution in [0.2, 0.25) is 0 Å². The summed E-state index contributed by atoms with van der Waals surface area (Å²) < 4.78 is 18.8. The number of hydrogen-bond donors (Lipinski definition) is 1. The number of carbonyl (C=O) groups excluding carboxylic acids is 1. The van der Waals surface area contributed by atoms with Gasteiger partial charge in [0.05, 0.1) is 19.7 Å². The van der Waals surface area contributed by atoms with Gasteiger partial charge in [0, 0.05) is 18.0 Å². The lowest BCUT2D eigenvalue weighted by molar-refractivity contribution is -0.134. The third-order valence-corrected chi connectivity index (χ3v) is 4.83. The monoisotopic (exact) mass is 353 g/mol. The molecule has 26 heavy (non-hydrogen) atoms. The van der Waals surface area contributed by atoms with Gasteiger partial charge in [0.1, 0.15) is 17.6 Å².